The van der Waals surface area contributed by atoms with Crippen molar-refractivity contribution in [3.63, 3.8) is 0 Å². The molecule has 1 aromatic rings. The second kappa shape index (κ2) is 5.61. The van der Waals surface area contributed by atoms with Gasteiger partial charge in [-0.15, -0.1) is 0 Å². The van der Waals surface area contributed by atoms with Crippen LogP contribution in [0, 0.1) is 6.92 Å². The minimum Gasteiger partial charge on any atom is -0.162 e. The van der Waals surface area contributed by atoms with E-state index in [0.29, 0.717) is 5.02 Å². The summed E-state index contributed by atoms with van der Waals surface area (Å²) in [7, 11) is 0. The fourth-order valence-corrected chi connectivity index (χ4v) is 2.07. The molecule has 0 aliphatic rings. The van der Waals surface area contributed by atoms with Crippen molar-refractivity contribution < 1.29 is 11.7 Å². The van der Waals surface area contributed by atoms with E-state index in [9.17, 15) is 11.7 Å². The van der Waals surface area contributed by atoms with E-state index in [-0.39, 0.29) is 5.56 Å². The highest BCUT2D eigenvalue weighted by Crippen LogP contribution is 2.57. The third-order valence-corrected chi connectivity index (χ3v) is 4.69. The van der Waals surface area contributed by atoms with Crippen LogP contribution in [0.3, 0.4) is 0 Å². The van der Waals surface area contributed by atoms with Crippen molar-refractivity contribution in [3.05, 3.63) is 34.3 Å². The lowest BCUT2D eigenvalue weighted by Gasteiger charge is -2.20. The van der Waals surface area contributed by atoms with E-state index in [1.165, 1.54) is 12.1 Å². The van der Waals surface area contributed by atoms with Crippen molar-refractivity contribution in [2.45, 2.75) is 10.3 Å². The maximum atomic E-state index is 12.6. The van der Waals surface area contributed by atoms with Gasteiger partial charge in [-0.1, -0.05) is 23.7 Å². The van der Waals surface area contributed by atoms with Crippen LogP contribution in [-0.4, -0.2) is 0 Å². The number of rotatable bonds is 4. The second-order valence-electron chi connectivity index (χ2n) is 2.75. The largest absolute Gasteiger partial charge is 0.224 e. The van der Waals surface area contributed by atoms with Crippen LogP contribution in [-0.2, 0) is 3.41 Å². The highest BCUT2D eigenvalue weighted by atomic mass is 35.5. The monoisotopic (exact) mass is 290 g/mol. The van der Waals surface area contributed by atoms with Gasteiger partial charge in [0, 0.05) is 5.02 Å². The third-order valence-electron chi connectivity index (χ3n) is 1.83. The van der Waals surface area contributed by atoms with Gasteiger partial charge in [0.15, 0.2) is 0 Å². The van der Waals surface area contributed by atoms with Gasteiger partial charge >= 0.3 is 0 Å². The Kier molecular flexibility index (Phi) is 5.02. The molecule has 0 saturated carbocycles. The summed E-state index contributed by atoms with van der Waals surface area (Å²) < 4.78 is 35.8. The Bertz CT molecular complexity index is 336. The summed E-state index contributed by atoms with van der Waals surface area (Å²) in [4.78, 5) is 0. The van der Waals surface area contributed by atoms with E-state index in [2.05, 4.69) is 0 Å². The average Bonchev–Trinajstić information content (AvgIpc) is 2.26. The van der Waals surface area contributed by atoms with Crippen molar-refractivity contribution in [1.29, 1.82) is 0 Å². The van der Waals surface area contributed by atoms with Crippen LogP contribution in [0.25, 0.3) is 0 Å². The van der Waals surface area contributed by atoms with Crippen molar-refractivity contribution in [3.8, 4) is 0 Å². The Hall–Kier alpha value is 0.350. The van der Waals surface area contributed by atoms with Crippen molar-refractivity contribution >= 4 is 48.0 Å². The van der Waals surface area contributed by atoms with Gasteiger partial charge in [-0.3, -0.25) is 0 Å². The first kappa shape index (κ1) is 13.4. The molecule has 0 unspecified atom stereocenters. The quantitative estimate of drug-likeness (QED) is 0.661. The summed E-state index contributed by atoms with van der Waals surface area (Å²) in [5.74, 6) is 0. The molecule has 7 heteroatoms. The SMILES string of the molecule is Cc1ccc(C(SF)(SF)SF)cc1Cl. The zero-order valence-electron chi connectivity index (χ0n) is 7.47. The first-order chi connectivity index (χ1) is 7.09. The minimum atomic E-state index is -1.93. The van der Waals surface area contributed by atoms with Gasteiger partial charge < -0.3 is 0 Å². The van der Waals surface area contributed by atoms with E-state index in [4.69, 9.17) is 11.6 Å². The Balaban J connectivity index is 3.17. The molecule has 0 spiro atoms. The first-order valence-corrected chi connectivity index (χ1v) is 6.28. The summed E-state index contributed by atoms with van der Waals surface area (Å²) >= 11 is 4.60. The van der Waals surface area contributed by atoms with E-state index in [1.54, 1.807) is 13.0 Å². The predicted octanol–water partition coefficient (Wildman–Crippen LogP) is 5.61. The molecule has 0 aliphatic carbocycles. The smallest absolute Gasteiger partial charge is 0.162 e. The van der Waals surface area contributed by atoms with Gasteiger partial charge in [0.25, 0.3) is 0 Å². The fourth-order valence-electron chi connectivity index (χ4n) is 0.953. The lowest BCUT2D eigenvalue weighted by Crippen LogP contribution is -2.08. The maximum absolute atomic E-state index is 12.6. The normalized spacial score (nSPS) is 11.8. The topological polar surface area (TPSA) is 0 Å². The van der Waals surface area contributed by atoms with Crippen LogP contribution < -0.4 is 0 Å². The molecule has 0 saturated heterocycles. The summed E-state index contributed by atoms with van der Waals surface area (Å²) in [6.07, 6.45) is 0. The Morgan fingerprint density at radius 1 is 1.13 bits per heavy atom. The van der Waals surface area contributed by atoms with Crippen molar-refractivity contribution in [2.24, 2.45) is 0 Å². The molecule has 0 radical (unpaired) electrons. The molecule has 0 N–H and O–H groups in total. The number of hydrogen-bond donors (Lipinski definition) is 0. The molecule has 0 heterocycles. The summed E-state index contributed by atoms with van der Waals surface area (Å²) in [6.45, 7) is 1.75. The standard InChI is InChI=1S/C8H6ClF3S3/c1-5-2-3-6(4-7(5)9)8(13-10,14-11)15-12/h2-4H,1H3. The molecule has 0 nitrogen and oxygen atoms in total. The molecule has 84 valence electrons. The van der Waals surface area contributed by atoms with Crippen molar-refractivity contribution in [2.75, 3.05) is 0 Å². The average molecular weight is 291 g/mol. The summed E-state index contributed by atoms with van der Waals surface area (Å²) in [5, 5.41) is 0.356. The van der Waals surface area contributed by atoms with E-state index < -0.39 is 39.9 Å². The molecule has 0 aromatic heterocycles. The zero-order chi connectivity index (χ0) is 11.5. The highest BCUT2D eigenvalue weighted by molar-refractivity contribution is 8.28. The van der Waals surface area contributed by atoms with E-state index in [1.807, 2.05) is 0 Å². The molecule has 0 amide bonds. The Morgan fingerprint density at radius 2 is 1.67 bits per heavy atom. The summed E-state index contributed by atoms with van der Waals surface area (Å²) in [5.41, 5.74) is 0.927. The van der Waals surface area contributed by atoms with Gasteiger partial charge in [0.05, 0.1) is 36.4 Å². The van der Waals surface area contributed by atoms with Gasteiger partial charge in [0.1, 0.15) is 0 Å². The second-order valence-corrected chi connectivity index (χ2v) is 6.23. The van der Waals surface area contributed by atoms with Crippen molar-refractivity contribution in [1.82, 2.24) is 0 Å². The summed E-state index contributed by atoms with van der Waals surface area (Å²) in [6, 6.07) is 4.41. The van der Waals surface area contributed by atoms with Crippen LogP contribution in [0.15, 0.2) is 18.2 Å². The maximum Gasteiger partial charge on any atom is 0.224 e. The fraction of sp³-hybridized carbons (Fsp3) is 0.250. The van der Waals surface area contributed by atoms with Gasteiger partial charge in [-0.2, -0.15) is 11.7 Å². The number of hydrogen-bond acceptors (Lipinski definition) is 3. The Labute approximate surface area is 104 Å². The van der Waals surface area contributed by atoms with Crippen LogP contribution in [0.1, 0.15) is 11.1 Å². The molecule has 0 bridgehead atoms. The molecule has 0 atom stereocenters. The zero-order valence-corrected chi connectivity index (χ0v) is 10.7. The molecular weight excluding hydrogens is 285 g/mol. The van der Waals surface area contributed by atoms with Gasteiger partial charge in [-0.05, 0) is 24.1 Å². The van der Waals surface area contributed by atoms with Crippen LogP contribution in [0.2, 0.25) is 5.02 Å². The van der Waals surface area contributed by atoms with Gasteiger partial charge in [0.2, 0.25) is 3.41 Å². The highest BCUT2D eigenvalue weighted by Gasteiger charge is 2.39. The number of benzene rings is 1. The Morgan fingerprint density at radius 3 is 2.07 bits per heavy atom. The van der Waals surface area contributed by atoms with Crippen LogP contribution >= 0.6 is 48.0 Å². The third kappa shape index (κ3) is 2.72. The van der Waals surface area contributed by atoms with E-state index in [0.717, 1.165) is 5.56 Å². The van der Waals surface area contributed by atoms with Gasteiger partial charge in [-0.25, -0.2) is 0 Å². The molecule has 1 rings (SSSR count). The number of halogens is 4. The molecular formula is C8H6ClF3S3. The molecule has 0 aliphatic heterocycles. The first-order valence-electron chi connectivity index (χ1n) is 3.75. The number of aryl methyl sites for hydroxylation is 1. The molecule has 0 fully saturated rings. The molecule has 15 heavy (non-hydrogen) atoms. The minimum absolute atomic E-state index is 0.158. The lowest BCUT2D eigenvalue weighted by molar-refractivity contribution is 0.873. The van der Waals surface area contributed by atoms with E-state index >= 15 is 0 Å². The van der Waals surface area contributed by atoms with Crippen LogP contribution in [0.4, 0.5) is 11.7 Å². The molecule has 1 aromatic carbocycles. The lowest BCUT2D eigenvalue weighted by atomic mass is 10.2. The predicted molar refractivity (Wildman–Crippen MR) is 64.0 cm³/mol. The van der Waals surface area contributed by atoms with Crippen LogP contribution in [0.5, 0.6) is 0 Å².